The van der Waals surface area contributed by atoms with Crippen LogP contribution in [0.2, 0.25) is 0 Å². The van der Waals surface area contributed by atoms with Crippen molar-refractivity contribution in [3.8, 4) is 0 Å². The van der Waals surface area contributed by atoms with E-state index in [0.717, 1.165) is 37.9 Å². The fourth-order valence-corrected chi connectivity index (χ4v) is 2.52. The van der Waals surface area contributed by atoms with E-state index in [1.807, 2.05) is 19.1 Å². The fraction of sp³-hybridized carbons (Fsp3) is 0.571. The molecule has 1 fully saturated rings. The second kappa shape index (κ2) is 6.02. The molecule has 1 atom stereocenters. The molecule has 0 radical (unpaired) electrons. The maximum atomic E-state index is 11.1. The second-order valence-electron chi connectivity index (χ2n) is 5.35. The summed E-state index contributed by atoms with van der Waals surface area (Å²) in [6.07, 6.45) is 3.23. The van der Waals surface area contributed by atoms with Crippen LogP contribution in [0, 0.1) is 17.0 Å². The van der Waals surface area contributed by atoms with Crippen molar-refractivity contribution in [2.24, 2.45) is 0 Å². The van der Waals surface area contributed by atoms with E-state index >= 15 is 0 Å². The lowest BCUT2D eigenvalue weighted by molar-refractivity contribution is -0.384. The van der Waals surface area contributed by atoms with E-state index in [1.54, 1.807) is 6.07 Å². The minimum absolute atomic E-state index is 0.178. The van der Waals surface area contributed by atoms with Crippen LogP contribution in [0.1, 0.15) is 24.8 Å². The van der Waals surface area contributed by atoms with Gasteiger partial charge in [-0.25, -0.2) is 0 Å². The van der Waals surface area contributed by atoms with Crippen LogP contribution in [-0.2, 0) is 0 Å². The number of anilines is 1. The van der Waals surface area contributed by atoms with Crippen LogP contribution >= 0.6 is 0 Å². The van der Waals surface area contributed by atoms with Gasteiger partial charge in [-0.2, -0.15) is 0 Å². The largest absolute Gasteiger partial charge is 0.377 e. The van der Waals surface area contributed by atoms with Crippen LogP contribution in [0.5, 0.6) is 0 Å². The number of nitro groups is 1. The lowest BCUT2D eigenvalue weighted by Crippen LogP contribution is -2.23. The molecule has 2 rings (SSSR count). The van der Waals surface area contributed by atoms with Crippen molar-refractivity contribution in [1.82, 2.24) is 4.90 Å². The van der Waals surface area contributed by atoms with Crippen molar-refractivity contribution in [1.29, 1.82) is 0 Å². The number of hydrogen-bond acceptors (Lipinski definition) is 4. The standard InChI is InChI=1S/C14H21N3O2/c1-11-5-6-13(14(10-11)17(18)19)15-12-4-3-8-16(2)9-7-12/h5-6,10,12,15H,3-4,7-9H2,1-2H3. The Bertz CT molecular complexity index is 462. The number of benzene rings is 1. The predicted octanol–water partition coefficient (Wildman–Crippen LogP) is 2.80. The van der Waals surface area contributed by atoms with Crippen molar-refractivity contribution >= 4 is 11.4 Å². The molecule has 1 aliphatic rings. The minimum Gasteiger partial charge on any atom is -0.377 e. The first-order valence-electron chi connectivity index (χ1n) is 6.76. The van der Waals surface area contributed by atoms with E-state index in [0.29, 0.717) is 11.7 Å². The lowest BCUT2D eigenvalue weighted by Gasteiger charge is -2.18. The number of hydrogen-bond donors (Lipinski definition) is 1. The summed E-state index contributed by atoms with van der Waals surface area (Å²) in [6.45, 7) is 4.02. The molecule has 1 aromatic rings. The van der Waals surface area contributed by atoms with E-state index < -0.39 is 0 Å². The van der Waals surface area contributed by atoms with Gasteiger partial charge in [-0.05, 0) is 58.0 Å². The van der Waals surface area contributed by atoms with E-state index in [1.165, 1.54) is 0 Å². The highest BCUT2D eigenvalue weighted by Crippen LogP contribution is 2.27. The van der Waals surface area contributed by atoms with Crippen LogP contribution in [0.25, 0.3) is 0 Å². The van der Waals surface area contributed by atoms with E-state index in [-0.39, 0.29) is 10.6 Å². The summed E-state index contributed by atoms with van der Waals surface area (Å²) in [5.41, 5.74) is 1.74. The first-order valence-corrected chi connectivity index (χ1v) is 6.76. The maximum Gasteiger partial charge on any atom is 0.292 e. The molecular weight excluding hydrogens is 242 g/mol. The van der Waals surface area contributed by atoms with Gasteiger partial charge in [0.2, 0.25) is 0 Å². The Kier molecular flexibility index (Phi) is 4.37. The molecule has 104 valence electrons. The molecule has 1 aliphatic heterocycles. The number of nitro benzene ring substituents is 1. The van der Waals surface area contributed by atoms with E-state index in [4.69, 9.17) is 0 Å². The Morgan fingerprint density at radius 2 is 2.16 bits per heavy atom. The number of aryl methyl sites for hydroxylation is 1. The van der Waals surface area contributed by atoms with Gasteiger partial charge in [0.25, 0.3) is 5.69 Å². The molecule has 0 spiro atoms. The highest BCUT2D eigenvalue weighted by molar-refractivity contribution is 5.62. The summed E-state index contributed by atoms with van der Waals surface area (Å²) in [4.78, 5) is 13.1. The normalized spacial score (nSPS) is 20.8. The van der Waals surface area contributed by atoms with Crippen molar-refractivity contribution in [3.63, 3.8) is 0 Å². The van der Waals surface area contributed by atoms with Crippen molar-refractivity contribution in [3.05, 3.63) is 33.9 Å². The zero-order valence-corrected chi connectivity index (χ0v) is 11.6. The third-order valence-corrected chi connectivity index (χ3v) is 3.66. The highest BCUT2D eigenvalue weighted by atomic mass is 16.6. The van der Waals surface area contributed by atoms with Gasteiger partial charge >= 0.3 is 0 Å². The molecule has 1 aromatic carbocycles. The number of nitrogens with zero attached hydrogens (tertiary/aromatic N) is 2. The molecule has 1 heterocycles. The van der Waals surface area contributed by atoms with Crippen molar-refractivity contribution in [2.75, 3.05) is 25.5 Å². The molecule has 0 aromatic heterocycles. The van der Waals surface area contributed by atoms with Crippen LogP contribution in [0.4, 0.5) is 11.4 Å². The lowest BCUT2D eigenvalue weighted by atomic mass is 10.1. The van der Waals surface area contributed by atoms with Crippen LogP contribution in [-0.4, -0.2) is 36.0 Å². The van der Waals surface area contributed by atoms with Gasteiger partial charge in [-0.3, -0.25) is 10.1 Å². The zero-order valence-electron chi connectivity index (χ0n) is 11.6. The molecule has 0 bridgehead atoms. The smallest absolute Gasteiger partial charge is 0.292 e. The average Bonchev–Trinajstić information content (AvgIpc) is 2.56. The Morgan fingerprint density at radius 1 is 1.37 bits per heavy atom. The van der Waals surface area contributed by atoms with Crippen molar-refractivity contribution in [2.45, 2.75) is 32.2 Å². The third-order valence-electron chi connectivity index (χ3n) is 3.66. The molecule has 5 nitrogen and oxygen atoms in total. The minimum atomic E-state index is -0.307. The van der Waals surface area contributed by atoms with Gasteiger partial charge in [-0.15, -0.1) is 0 Å². The predicted molar refractivity (Wildman–Crippen MR) is 76.6 cm³/mol. The quantitative estimate of drug-likeness (QED) is 0.673. The first kappa shape index (κ1) is 13.8. The van der Waals surface area contributed by atoms with Gasteiger partial charge in [0.1, 0.15) is 5.69 Å². The number of rotatable bonds is 3. The van der Waals surface area contributed by atoms with Crippen LogP contribution < -0.4 is 5.32 Å². The van der Waals surface area contributed by atoms with E-state index in [2.05, 4.69) is 17.3 Å². The monoisotopic (exact) mass is 263 g/mol. The Morgan fingerprint density at radius 3 is 2.89 bits per heavy atom. The van der Waals surface area contributed by atoms with E-state index in [9.17, 15) is 10.1 Å². The first-order chi connectivity index (χ1) is 9.06. The van der Waals surface area contributed by atoms with Crippen LogP contribution in [0.15, 0.2) is 18.2 Å². The molecule has 1 saturated heterocycles. The van der Waals surface area contributed by atoms with Gasteiger partial charge in [-0.1, -0.05) is 6.07 Å². The number of nitrogens with one attached hydrogen (secondary N) is 1. The average molecular weight is 263 g/mol. The highest BCUT2D eigenvalue weighted by Gasteiger charge is 2.19. The van der Waals surface area contributed by atoms with Crippen LogP contribution in [0.3, 0.4) is 0 Å². The Hall–Kier alpha value is -1.62. The molecule has 0 amide bonds. The Labute approximate surface area is 113 Å². The summed E-state index contributed by atoms with van der Waals surface area (Å²) in [5.74, 6) is 0. The van der Waals surface area contributed by atoms with Gasteiger partial charge in [0.05, 0.1) is 4.92 Å². The summed E-state index contributed by atoms with van der Waals surface area (Å²) in [6, 6.07) is 5.69. The molecule has 1 unspecified atom stereocenters. The van der Waals surface area contributed by atoms with Crippen molar-refractivity contribution < 1.29 is 4.92 Å². The molecule has 0 saturated carbocycles. The molecular formula is C14H21N3O2. The summed E-state index contributed by atoms with van der Waals surface area (Å²) < 4.78 is 0. The molecule has 19 heavy (non-hydrogen) atoms. The second-order valence-corrected chi connectivity index (χ2v) is 5.35. The zero-order chi connectivity index (χ0) is 13.8. The summed E-state index contributed by atoms with van der Waals surface area (Å²) in [5, 5.41) is 14.4. The maximum absolute atomic E-state index is 11.1. The SMILES string of the molecule is Cc1ccc(NC2CCCN(C)CC2)c([N+](=O)[O-])c1. The third kappa shape index (κ3) is 3.67. The molecule has 1 N–H and O–H groups in total. The Balaban J connectivity index is 2.12. The molecule has 5 heteroatoms. The number of likely N-dealkylation sites (tertiary alicyclic amines) is 1. The summed E-state index contributed by atoms with van der Waals surface area (Å²) in [7, 11) is 2.12. The van der Waals surface area contributed by atoms with Gasteiger partial charge in [0, 0.05) is 12.1 Å². The topological polar surface area (TPSA) is 58.4 Å². The molecule has 0 aliphatic carbocycles. The van der Waals surface area contributed by atoms with Gasteiger partial charge < -0.3 is 10.2 Å². The summed E-state index contributed by atoms with van der Waals surface area (Å²) >= 11 is 0. The van der Waals surface area contributed by atoms with Gasteiger partial charge in [0.15, 0.2) is 0 Å². The fourth-order valence-electron chi connectivity index (χ4n) is 2.52.